The first kappa shape index (κ1) is 16.6. The van der Waals surface area contributed by atoms with Gasteiger partial charge in [0.1, 0.15) is 11.6 Å². The van der Waals surface area contributed by atoms with Gasteiger partial charge in [-0.25, -0.2) is 18.4 Å². The zero-order valence-electron chi connectivity index (χ0n) is 13.3. The van der Waals surface area contributed by atoms with Crippen molar-refractivity contribution in [3.8, 4) is 0 Å². The number of urea groups is 1. The van der Waals surface area contributed by atoms with E-state index in [1.807, 2.05) is 0 Å². The first-order valence-corrected chi connectivity index (χ1v) is 7.87. The van der Waals surface area contributed by atoms with Gasteiger partial charge < -0.3 is 15.0 Å². The standard InChI is InChI=1S/C16H19F2N3O3/c1-24-15(22)11-8-14(13(18)9-12(11)17)19-16(23)21-6-4-20(5-7-21)10-2-3-10/h8-10H,2-7H2,1H3,(H,19,23). The summed E-state index contributed by atoms with van der Waals surface area (Å²) in [7, 11) is 1.10. The summed E-state index contributed by atoms with van der Waals surface area (Å²) in [6.45, 7) is 2.68. The normalized spacial score (nSPS) is 18.4. The van der Waals surface area contributed by atoms with Crippen LogP contribution in [0.25, 0.3) is 0 Å². The largest absolute Gasteiger partial charge is 0.465 e. The van der Waals surface area contributed by atoms with Crippen molar-refractivity contribution < 1.29 is 23.1 Å². The monoisotopic (exact) mass is 339 g/mol. The number of hydrogen-bond donors (Lipinski definition) is 1. The van der Waals surface area contributed by atoms with Crippen LogP contribution < -0.4 is 5.32 Å². The second-order valence-electron chi connectivity index (χ2n) is 5.99. The summed E-state index contributed by atoms with van der Waals surface area (Å²) >= 11 is 0. The highest BCUT2D eigenvalue weighted by Crippen LogP contribution is 2.27. The summed E-state index contributed by atoms with van der Waals surface area (Å²) in [4.78, 5) is 27.7. The predicted octanol–water partition coefficient (Wildman–Crippen LogP) is 2.06. The summed E-state index contributed by atoms with van der Waals surface area (Å²) in [5, 5.41) is 2.41. The van der Waals surface area contributed by atoms with E-state index in [0.717, 1.165) is 26.3 Å². The molecular formula is C16H19F2N3O3. The Morgan fingerprint density at radius 1 is 1.12 bits per heavy atom. The van der Waals surface area contributed by atoms with Gasteiger partial charge in [-0.15, -0.1) is 0 Å². The van der Waals surface area contributed by atoms with Crippen molar-refractivity contribution in [2.24, 2.45) is 0 Å². The van der Waals surface area contributed by atoms with Crippen molar-refractivity contribution in [2.45, 2.75) is 18.9 Å². The molecule has 0 aromatic heterocycles. The summed E-state index contributed by atoms with van der Waals surface area (Å²) in [5.74, 6) is -2.90. The van der Waals surface area contributed by atoms with Crippen LogP contribution in [0.2, 0.25) is 0 Å². The Hall–Kier alpha value is -2.22. The zero-order valence-corrected chi connectivity index (χ0v) is 13.3. The Labute approximate surface area is 138 Å². The number of ether oxygens (including phenoxy) is 1. The summed E-state index contributed by atoms with van der Waals surface area (Å²) < 4.78 is 31.9. The van der Waals surface area contributed by atoms with Crippen LogP contribution in [0.15, 0.2) is 12.1 Å². The zero-order chi connectivity index (χ0) is 17.3. The van der Waals surface area contributed by atoms with Crippen LogP contribution in [-0.4, -0.2) is 61.1 Å². The third-order valence-corrected chi connectivity index (χ3v) is 4.37. The predicted molar refractivity (Wildman–Crippen MR) is 82.9 cm³/mol. The van der Waals surface area contributed by atoms with E-state index in [0.29, 0.717) is 25.2 Å². The fourth-order valence-electron chi connectivity index (χ4n) is 2.84. The van der Waals surface area contributed by atoms with Crippen LogP contribution in [0.1, 0.15) is 23.2 Å². The molecule has 0 radical (unpaired) electrons. The van der Waals surface area contributed by atoms with E-state index < -0.39 is 29.2 Å². The number of carbonyl (C=O) groups is 2. The van der Waals surface area contributed by atoms with Crippen molar-refractivity contribution in [3.05, 3.63) is 29.3 Å². The van der Waals surface area contributed by atoms with Crippen molar-refractivity contribution in [1.82, 2.24) is 9.80 Å². The fourth-order valence-corrected chi connectivity index (χ4v) is 2.84. The molecule has 0 atom stereocenters. The van der Waals surface area contributed by atoms with E-state index in [2.05, 4.69) is 15.0 Å². The molecule has 1 saturated heterocycles. The highest BCUT2D eigenvalue weighted by molar-refractivity contribution is 5.94. The third kappa shape index (κ3) is 3.48. The molecule has 1 N–H and O–H groups in total. The molecule has 1 aliphatic carbocycles. The Morgan fingerprint density at radius 2 is 1.79 bits per heavy atom. The summed E-state index contributed by atoms with van der Waals surface area (Å²) in [6, 6.07) is 1.70. The van der Waals surface area contributed by atoms with Gasteiger partial charge in [0.2, 0.25) is 0 Å². The molecule has 3 rings (SSSR count). The lowest BCUT2D eigenvalue weighted by molar-refractivity contribution is 0.0595. The first-order chi connectivity index (χ1) is 11.5. The van der Waals surface area contributed by atoms with Crippen molar-refractivity contribution in [1.29, 1.82) is 0 Å². The van der Waals surface area contributed by atoms with E-state index in [-0.39, 0.29) is 5.69 Å². The maximum Gasteiger partial charge on any atom is 0.340 e. The van der Waals surface area contributed by atoms with Gasteiger partial charge in [0, 0.05) is 38.3 Å². The molecule has 1 aromatic carbocycles. The molecule has 2 aliphatic rings. The van der Waals surface area contributed by atoms with Crippen LogP contribution in [0, 0.1) is 11.6 Å². The van der Waals surface area contributed by atoms with Gasteiger partial charge in [-0.05, 0) is 18.9 Å². The maximum absolute atomic E-state index is 13.9. The number of halogens is 2. The molecule has 6 nitrogen and oxygen atoms in total. The van der Waals surface area contributed by atoms with Gasteiger partial charge in [0.15, 0.2) is 0 Å². The fraction of sp³-hybridized carbons (Fsp3) is 0.500. The first-order valence-electron chi connectivity index (χ1n) is 7.87. The highest BCUT2D eigenvalue weighted by Gasteiger charge is 2.32. The van der Waals surface area contributed by atoms with E-state index in [1.165, 1.54) is 12.8 Å². The number of carbonyl (C=O) groups excluding carboxylic acids is 2. The number of esters is 1. The van der Waals surface area contributed by atoms with Crippen LogP contribution in [-0.2, 0) is 4.74 Å². The molecule has 0 spiro atoms. The molecule has 0 unspecified atom stereocenters. The molecule has 24 heavy (non-hydrogen) atoms. The smallest absolute Gasteiger partial charge is 0.340 e. The van der Waals surface area contributed by atoms with Crippen molar-refractivity contribution >= 4 is 17.7 Å². The number of rotatable bonds is 3. The average molecular weight is 339 g/mol. The van der Waals surface area contributed by atoms with Gasteiger partial charge in [0.25, 0.3) is 0 Å². The minimum Gasteiger partial charge on any atom is -0.465 e. The van der Waals surface area contributed by atoms with Gasteiger partial charge in [0.05, 0.1) is 18.4 Å². The van der Waals surface area contributed by atoms with E-state index >= 15 is 0 Å². The van der Waals surface area contributed by atoms with Gasteiger partial charge in [-0.2, -0.15) is 0 Å². The van der Waals surface area contributed by atoms with Crippen LogP contribution >= 0.6 is 0 Å². The third-order valence-electron chi connectivity index (χ3n) is 4.37. The van der Waals surface area contributed by atoms with Crippen LogP contribution in [0.5, 0.6) is 0 Å². The molecule has 0 bridgehead atoms. The van der Waals surface area contributed by atoms with Crippen LogP contribution in [0.3, 0.4) is 0 Å². The number of piperazine rings is 1. The molecule has 1 heterocycles. The quantitative estimate of drug-likeness (QED) is 0.857. The second kappa shape index (κ2) is 6.72. The van der Waals surface area contributed by atoms with Gasteiger partial charge >= 0.3 is 12.0 Å². The molecule has 1 aromatic rings. The molecule has 2 amide bonds. The van der Waals surface area contributed by atoms with E-state index in [9.17, 15) is 18.4 Å². The number of benzene rings is 1. The molecule has 130 valence electrons. The number of anilines is 1. The number of nitrogens with zero attached hydrogens (tertiary/aromatic N) is 2. The lowest BCUT2D eigenvalue weighted by Gasteiger charge is -2.34. The highest BCUT2D eigenvalue weighted by atomic mass is 19.1. The Bertz CT molecular complexity index is 656. The van der Waals surface area contributed by atoms with Crippen molar-refractivity contribution in [2.75, 3.05) is 38.6 Å². The molecular weight excluding hydrogens is 320 g/mol. The molecule has 1 aliphatic heterocycles. The minimum atomic E-state index is -1.03. The maximum atomic E-state index is 13.9. The summed E-state index contributed by atoms with van der Waals surface area (Å²) in [6.07, 6.45) is 2.42. The van der Waals surface area contributed by atoms with Gasteiger partial charge in [-0.1, -0.05) is 0 Å². The topological polar surface area (TPSA) is 61.9 Å². The Kier molecular flexibility index (Phi) is 4.66. The number of amides is 2. The lowest BCUT2D eigenvalue weighted by Crippen LogP contribution is -2.50. The molecule has 1 saturated carbocycles. The molecule has 2 fully saturated rings. The summed E-state index contributed by atoms with van der Waals surface area (Å²) in [5.41, 5.74) is -0.667. The Balaban J connectivity index is 1.66. The minimum absolute atomic E-state index is 0.244. The van der Waals surface area contributed by atoms with Crippen molar-refractivity contribution in [3.63, 3.8) is 0 Å². The number of nitrogens with one attached hydrogen (secondary N) is 1. The lowest BCUT2D eigenvalue weighted by atomic mass is 10.2. The Morgan fingerprint density at radius 3 is 2.38 bits per heavy atom. The van der Waals surface area contributed by atoms with E-state index in [1.54, 1.807) is 4.90 Å². The average Bonchev–Trinajstić information content (AvgIpc) is 3.41. The van der Waals surface area contributed by atoms with Gasteiger partial charge in [-0.3, -0.25) is 4.90 Å². The van der Waals surface area contributed by atoms with Crippen LogP contribution in [0.4, 0.5) is 19.3 Å². The number of hydrogen-bond acceptors (Lipinski definition) is 4. The second-order valence-corrected chi connectivity index (χ2v) is 5.99. The molecule has 8 heteroatoms. The van der Waals surface area contributed by atoms with E-state index in [4.69, 9.17) is 0 Å². The number of methoxy groups -OCH3 is 1. The SMILES string of the molecule is COC(=O)c1cc(NC(=O)N2CCN(C3CC3)CC2)c(F)cc1F.